The van der Waals surface area contributed by atoms with E-state index in [2.05, 4.69) is 5.32 Å². The van der Waals surface area contributed by atoms with Crippen LogP contribution in [0.15, 0.2) is 42.5 Å². The molecule has 1 atom stereocenters. The minimum absolute atomic E-state index is 0.0804. The molecule has 0 aliphatic carbocycles. The molecule has 0 heterocycles. The minimum atomic E-state index is -4.42. The Labute approximate surface area is 154 Å². The smallest absolute Gasteiger partial charge is 0.416 e. The summed E-state index contributed by atoms with van der Waals surface area (Å²) in [4.78, 5) is 12.0. The van der Waals surface area contributed by atoms with Gasteiger partial charge in [-0.3, -0.25) is 4.79 Å². The second-order valence-corrected chi connectivity index (χ2v) is 5.80. The number of hydrogen-bond donors (Lipinski definition) is 2. The first kappa shape index (κ1) is 20.6. The fourth-order valence-corrected chi connectivity index (χ4v) is 2.48. The predicted molar refractivity (Wildman–Crippen MR) is 92.7 cm³/mol. The highest BCUT2D eigenvalue weighted by molar-refractivity contribution is 5.78. The molecule has 5 nitrogen and oxygen atoms in total. The molecule has 1 amide bonds. The van der Waals surface area contributed by atoms with Crippen LogP contribution in [0.3, 0.4) is 0 Å². The van der Waals surface area contributed by atoms with Gasteiger partial charge in [0.1, 0.15) is 11.5 Å². The van der Waals surface area contributed by atoms with Crippen molar-refractivity contribution < 1.29 is 32.5 Å². The number of rotatable bonds is 7. The highest BCUT2D eigenvalue weighted by Gasteiger charge is 2.30. The number of halogens is 3. The molecule has 8 heteroatoms. The van der Waals surface area contributed by atoms with Crippen molar-refractivity contribution in [2.24, 2.45) is 0 Å². The second kappa shape index (κ2) is 8.77. The number of carbonyl (C=O) groups excluding carboxylic acids is 1. The zero-order valence-corrected chi connectivity index (χ0v) is 14.8. The van der Waals surface area contributed by atoms with Crippen molar-refractivity contribution in [2.45, 2.75) is 18.7 Å². The lowest BCUT2D eigenvalue weighted by molar-refractivity contribution is -0.137. The fraction of sp³-hybridized carbons (Fsp3) is 0.316. The minimum Gasteiger partial charge on any atom is -0.497 e. The Morgan fingerprint density at radius 1 is 1.11 bits per heavy atom. The van der Waals surface area contributed by atoms with Crippen LogP contribution in [0.4, 0.5) is 13.2 Å². The fourth-order valence-electron chi connectivity index (χ4n) is 2.48. The Balaban J connectivity index is 1.95. The molecule has 0 fully saturated rings. The van der Waals surface area contributed by atoms with E-state index in [0.29, 0.717) is 22.6 Å². The van der Waals surface area contributed by atoms with Crippen molar-refractivity contribution in [1.82, 2.24) is 5.32 Å². The monoisotopic (exact) mass is 383 g/mol. The van der Waals surface area contributed by atoms with Crippen LogP contribution in [0, 0.1) is 0 Å². The van der Waals surface area contributed by atoms with Gasteiger partial charge in [-0.25, -0.2) is 0 Å². The molecule has 0 radical (unpaired) electrons. The number of hydrogen-bond acceptors (Lipinski definition) is 4. The zero-order valence-electron chi connectivity index (χ0n) is 14.8. The third kappa shape index (κ3) is 5.62. The molecule has 0 aromatic heterocycles. The van der Waals surface area contributed by atoms with Crippen molar-refractivity contribution in [3.05, 3.63) is 59.2 Å². The quantitative estimate of drug-likeness (QED) is 0.771. The number of ether oxygens (including phenoxy) is 2. The summed E-state index contributed by atoms with van der Waals surface area (Å²) in [5.74, 6) is 0.553. The number of methoxy groups -OCH3 is 2. The first-order valence-electron chi connectivity index (χ1n) is 8.07. The SMILES string of the molecule is COc1ccc(OC)c(C(O)CNC(=O)Cc2ccc(C(F)(F)F)cc2)c1. The molecule has 0 spiro atoms. The van der Waals surface area contributed by atoms with Gasteiger partial charge in [-0.2, -0.15) is 13.2 Å². The predicted octanol–water partition coefficient (Wildman–Crippen LogP) is 3.11. The van der Waals surface area contributed by atoms with Crippen molar-refractivity contribution in [1.29, 1.82) is 0 Å². The number of aliphatic hydroxyl groups is 1. The molecule has 2 rings (SSSR count). The summed E-state index contributed by atoms with van der Waals surface area (Å²) in [5, 5.41) is 12.9. The van der Waals surface area contributed by atoms with Crippen molar-refractivity contribution in [3.63, 3.8) is 0 Å². The van der Waals surface area contributed by atoms with E-state index in [9.17, 15) is 23.1 Å². The summed E-state index contributed by atoms with van der Waals surface area (Å²) >= 11 is 0. The van der Waals surface area contributed by atoms with Gasteiger partial charge in [0.15, 0.2) is 0 Å². The Morgan fingerprint density at radius 3 is 2.33 bits per heavy atom. The number of carbonyl (C=O) groups is 1. The van der Waals surface area contributed by atoms with Crippen LogP contribution in [-0.4, -0.2) is 31.8 Å². The summed E-state index contributed by atoms with van der Waals surface area (Å²) in [7, 11) is 2.95. The number of aliphatic hydroxyl groups excluding tert-OH is 1. The molecule has 2 aromatic rings. The Kier molecular flexibility index (Phi) is 6.68. The second-order valence-electron chi connectivity index (χ2n) is 5.80. The maximum atomic E-state index is 12.5. The third-order valence-electron chi connectivity index (χ3n) is 3.93. The van der Waals surface area contributed by atoms with E-state index in [0.717, 1.165) is 12.1 Å². The molecule has 146 valence electrons. The van der Waals surface area contributed by atoms with Crippen LogP contribution >= 0.6 is 0 Å². The molecule has 2 aromatic carbocycles. The molecule has 0 aliphatic heterocycles. The molecule has 27 heavy (non-hydrogen) atoms. The van der Waals surface area contributed by atoms with Crippen molar-refractivity contribution in [2.75, 3.05) is 20.8 Å². The zero-order chi connectivity index (χ0) is 20.0. The Hall–Kier alpha value is -2.74. The molecule has 0 bridgehead atoms. The largest absolute Gasteiger partial charge is 0.497 e. The number of alkyl halides is 3. The van der Waals surface area contributed by atoms with Crippen molar-refractivity contribution in [3.8, 4) is 11.5 Å². The van der Waals surface area contributed by atoms with Gasteiger partial charge in [0.2, 0.25) is 5.91 Å². The van der Waals surface area contributed by atoms with Gasteiger partial charge in [-0.05, 0) is 35.9 Å². The third-order valence-corrected chi connectivity index (χ3v) is 3.93. The lowest BCUT2D eigenvalue weighted by atomic mass is 10.1. The molecule has 0 saturated carbocycles. The molecule has 0 aliphatic rings. The Morgan fingerprint density at radius 2 is 1.78 bits per heavy atom. The van der Waals surface area contributed by atoms with Crippen LogP contribution in [0.2, 0.25) is 0 Å². The maximum absolute atomic E-state index is 12.5. The van der Waals surface area contributed by atoms with Crippen LogP contribution in [0.25, 0.3) is 0 Å². The van der Waals surface area contributed by atoms with E-state index in [4.69, 9.17) is 9.47 Å². The van der Waals surface area contributed by atoms with Gasteiger partial charge in [0.25, 0.3) is 0 Å². The molecule has 1 unspecified atom stereocenters. The summed E-state index contributed by atoms with van der Waals surface area (Å²) in [5.41, 5.74) is 0.118. The van der Waals surface area contributed by atoms with E-state index < -0.39 is 23.8 Å². The van der Waals surface area contributed by atoms with Crippen LogP contribution in [0.5, 0.6) is 11.5 Å². The number of amides is 1. The topological polar surface area (TPSA) is 67.8 Å². The van der Waals surface area contributed by atoms with Crippen LogP contribution in [0.1, 0.15) is 22.8 Å². The van der Waals surface area contributed by atoms with Crippen LogP contribution < -0.4 is 14.8 Å². The number of benzene rings is 2. The molecular formula is C19H20F3NO4. The van der Waals surface area contributed by atoms with Gasteiger partial charge in [0, 0.05) is 12.1 Å². The van der Waals surface area contributed by atoms with E-state index in [1.807, 2.05) is 0 Å². The average molecular weight is 383 g/mol. The molecular weight excluding hydrogens is 363 g/mol. The van der Waals surface area contributed by atoms with E-state index in [1.165, 1.54) is 26.4 Å². The summed E-state index contributed by atoms with van der Waals surface area (Å²) in [6, 6.07) is 9.29. The Bertz CT molecular complexity index is 776. The number of nitrogens with one attached hydrogen (secondary N) is 1. The van der Waals surface area contributed by atoms with Gasteiger partial charge < -0.3 is 19.9 Å². The summed E-state index contributed by atoms with van der Waals surface area (Å²) in [6.07, 6.45) is -5.55. The normalized spacial score (nSPS) is 12.4. The average Bonchev–Trinajstić information content (AvgIpc) is 2.65. The van der Waals surface area contributed by atoms with Gasteiger partial charge in [-0.15, -0.1) is 0 Å². The van der Waals surface area contributed by atoms with Gasteiger partial charge in [0.05, 0.1) is 32.3 Å². The molecule has 2 N–H and O–H groups in total. The van der Waals surface area contributed by atoms with Crippen LogP contribution in [-0.2, 0) is 17.4 Å². The lowest BCUT2D eigenvalue weighted by Crippen LogP contribution is -2.29. The van der Waals surface area contributed by atoms with E-state index >= 15 is 0 Å². The molecule has 0 saturated heterocycles. The maximum Gasteiger partial charge on any atom is 0.416 e. The standard InChI is InChI=1S/C19H20F3NO4/c1-26-14-7-8-17(27-2)15(10-14)16(24)11-23-18(25)9-12-3-5-13(6-4-12)19(20,21)22/h3-8,10,16,24H,9,11H2,1-2H3,(H,23,25). The highest BCUT2D eigenvalue weighted by atomic mass is 19.4. The van der Waals surface area contributed by atoms with Gasteiger partial charge >= 0.3 is 6.18 Å². The van der Waals surface area contributed by atoms with Crippen molar-refractivity contribution >= 4 is 5.91 Å². The first-order valence-corrected chi connectivity index (χ1v) is 8.07. The van der Waals surface area contributed by atoms with E-state index in [1.54, 1.807) is 18.2 Å². The lowest BCUT2D eigenvalue weighted by Gasteiger charge is -2.16. The summed E-state index contributed by atoms with van der Waals surface area (Å²) in [6.45, 7) is -0.0804. The highest BCUT2D eigenvalue weighted by Crippen LogP contribution is 2.30. The van der Waals surface area contributed by atoms with E-state index in [-0.39, 0.29) is 13.0 Å². The van der Waals surface area contributed by atoms with Gasteiger partial charge in [-0.1, -0.05) is 12.1 Å². The summed E-state index contributed by atoms with van der Waals surface area (Å²) < 4.78 is 47.9. The first-order chi connectivity index (χ1) is 12.7.